The fraction of sp³-hybridized carbons (Fsp3) is 0.625. The van der Waals surface area contributed by atoms with E-state index < -0.39 is 6.10 Å². The third-order valence-corrected chi connectivity index (χ3v) is 5.73. The molecule has 0 radical (unpaired) electrons. The smallest absolute Gasteiger partial charge is 0.266 e. The second-order valence-electron chi connectivity index (χ2n) is 6.59. The number of aliphatic hydroxyl groups is 1. The molecule has 1 aliphatic carbocycles. The molecule has 1 saturated heterocycles. The van der Waals surface area contributed by atoms with Crippen molar-refractivity contribution in [2.45, 2.75) is 57.1 Å². The molecule has 2 fully saturated rings. The Morgan fingerprint density at radius 1 is 1.42 bits per heavy atom. The Morgan fingerprint density at radius 2 is 2.21 bits per heavy atom. The Kier molecular flexibility index (Phi) is 4.09. The van der Waals surface area contributed by atoms with Crippen molar-refractivity contribution < 1.29 is 14.4 Å². The van der Waals surface area contributed by atoms with Gasteiger partial charge in [0.15, 0.2) is 5.82 Å². The number of carbonyl (C=O) groups is 1. The summed E-state index contributed by atoms with van der Waals surface area (Å²) in [4.78, 5) is 24.2. The molecule has 4 rings (SSSR count). The normalized spacial score (nSPS) is 24.8. The van der Waals surface area contributed by atoms with Crippen molar-refractivity contribution in [3.8, 4) is 0 Å². The molecule has 0 unspecified atom stereocenters. The van der Waals surface area contributed by atoms with Gasteiger partial charge in [-0.2, -0.15) is 4.98 Å². The number of β-amino-alcohol motifs (C(OH)–C–C–N with tert-alkyl or cyclic N) is 1. The molecule has 2 aromatic heterocycles. The topological polar surface area (TPSA) is 92.4 Å². The number of aryl methyl sites for hydroxylation is 1. The van der Waals surface area contributed by atoms with Crippen LogP contribution < -0.4 is 0 Å². The molecule has 8 heteroatoms. The number of amides is 1. The van der Waals surface area contributed by atoms with Gasteiger partial charge in [0, 0.05) is 18.9 Å². The maximum absolute atomic E-state index is 13.1. The van der Waals surface area contributed by atoms with Crippen LogP contribution in [0.15, 0.2) is 10.0 Å². The largest absolute Gasteiger partial charge is 0.391 e. The average Bonchev–Trinajstić information content (AvgIpc) is 3.32. The first-order valence-corrected chi connectivity index (χ1v) is 9.24. The summed E-state index contributed by atoms with van der Waals surface area (Å²) < 4.78 is 5.25. The summed E-state index contributed by atoms with van der Waals surface area (Å²) in [5, 5.41) is 13.9. The predicted octanol–water partition coefficient (Wildman–Crippen LogP) is 2.44. The van der Waals surface area contributed by atoms with Crippen molar-refractivity contribution >= 4 is 17.2 Å². The van der Waals surface area contributed by atoms with Gasteiger partial charge in [-0.25, -0.2) is 4.98 Å². The summed E-state index contributed by atoms with van der Waals surface area (Å²) in [6.45, 7) is 2.03. The first-order chi connectivity index (χ1) is 11.6. The van der Waals surface area contributed by atoms with Crippen LogP contribution in [0.3, 0.4) is 0 Å². The standard InChI is InChI=1S/C16H20N4O3S/c1-9-18-15(23-19-9)12-6-11(21)7-20(12)16(22)14-13(17-8-24-14)10-4-2-3-5-10/h8,10-12,21H,2-7H2,1H3/t11-,12-/m1/s1. The van der Waals surface area contributed by atoms with Crippen molar-refractivity contribution in [1.29, 1.82) is 0 Å². The van der Waals surface area contributed by atoms with Crippen LogP contribution in [0.25, 0.3) is 0 Å². The number of thiazole rings is 1. The van der Waals surface area contributed by atoms with Crippen molar-refractivity contribution in [3.05, 3.63) is 27.8 Å². The SMILES string of the molecule is Cc1noc([C@H]2C[C@@H](O)CN2C(=O)c2scnc2C2CCCC2)n1. The Labute approximate surface area is 143 Å². The summed E-state index contributed by atoms with van der Waals surface area (Å²) in [5.41, 5.74) is 2.67. The van der Waals surface area contributed by atoms with E-state index in [4.69, 9.17) is 4.52 Å². The lowest BCUT2D eigenvalue weighted by Crippen LogP contribution is -2.32. The lowest BCUT2D eigenvalue weighted by Gasteiger charge is -2.22. The third-order valence-electron chi connectivity index (χ3n) is 4.90. The number of aliphatic hydroxyl groups excluding tert-OH is 1. The van der Waals surface area contributed by atoms with E-state index >= 15 is 0 Å². The molecule has 1 N–H and O–H groups in total. The van der Waals surface area contributed by atoms with Gasteiger partial charge in [-0.15, -0.1) is 11.3 Å². The summed E-state index contributed by atoms with van der Waals surface area (Å²) >= 11 is 1.38. The first-order valence-electron chi connectivity index (χ1n) is 8.36. The molecule has 2 atom stereocenters. The third kappa shape index (κ3) is 2.73. The van der Waals surface area contributed by atoms with Crippen LogP contribution in [0.5, 0.6) is 0 Å². The highest BCUT2D eigenvalue weighted by atomic mass is 32.1. The van der Waals surface area contributed by atoms with Crippen LogP contribution in [0, 0.1) is 6.92 Å². The van der Waals surface area contributed by atoms with Gasteiger partial charge in [-0.1, -0.05) is 18.0 Å². The maximum atomic E-state index is 13.1. The fourth-order valence-corrected chi connectivity index (χ4v) is 4.59. The summed E-state index contributed by atoms with van der Waals surface area (Å²) in [6.07, 6.45) is 4.43. The first kappa shape index (κ1) is 15.7. The zero-order valence-electron chi connectivity index (χ0n) is 13.5. The van der Waals surface area contributed by atoms with Gasteiger partial charge in [-0.3, -0.25) is 4.79 Å². The summed E-state index contributed by atoms with van der Waals surface area (Å²) in [6, 6.07) is -0.368. The Bertz CT molecular complexity index is 737. The van der Waals surface area contributed by atoms with E-state index in [1.165, 1.54) is 24.2 Å². The molecule has 7 nitrogen and oxygen atoms in total. The van der Waals surface area contributed by atoms with E-state index in [2.05, 4.69) is 15.1 Å². The average molecular weight is 348 g/mol. The number of likely N-dealkylation sites (tertiary alicyclic amines) is 1. The molecule has 2 aromatic rings. The Hall–Kier alpha value is -1.80. The molecule has 0 spiro atoms. The van der Waals surface area contributed by atoms with Gasteiger partial charge in [0.05, 0.1) is 17.3 Å². The second-order valence-corrected chi connectivity index (χ2v) is 7.45. The van der Waals surface area contributed by atoms with Crippen LogP contribution in [-0.2, 0) is 0 Å². The van der Waals surface area contributed by atoms with Crippen LogP contribution >= 0.6 is 11.3 Å². The highest BCUT2D eigenvalue weighted by molar-refractivity contribution is 7.11. The number of nitrogens with zero attached hydrogens (tertiary/aromatic N) is 4. The minimum absolute atomic E-state index is 0.0863. The molecule has 1 saturated carbocycles. The van der Waals surface area contributed by atoms with Crippen LogP contribution in [0.1, 0.15) is 71.1 Å². The lowest BCUT2D eigenvalue weighted by molar-refractivity contribution is 0.0696. The van der Waals surface area contributed by atoms with Gasteiger partial charge in [0.25, 0.3) is 5.91 Å². The van der Waals surface area contributed by atoms with E-state index in [1.54, 1.807) is 17.3 Å². The lowest BCUT2D eigenvalue weighted by atomic mass is 10.0. The molecule has 2 aliphatic rings. The maximum Gasteiger partial charge on any atom is 0.266 e. The predicted molar refractivity (Wildman–Crippen MR) is 86.8 cm³/mol. The molecular weight excluding hydrogens is 328 g/mol. The summed E-state index contributed by atoms with van der Waals surface area (Å²) in [5.74, 6) is 1.22. The van der Waals surface area contributed by atoms with E-state index in [-0.39, 0.29) is 18.5 Å². The quantitative estimate of drug-likeness (QED) is 0.916. The molecule has 24 heavy (non-hydrogen) atoms. The minimum Gasteiger partial charge on any atom is -0.391 e. The molecule has 1 amide bonds. The number of carbonyl (C=O) groups excluding carboxylic acids is 1. The van der Waals surface area contributed by atoms with Gasteiger partial charge < -0.3 is 14.5 Å². The highest BCUT2D eigenvalue weighted by Gasteiger charge is 2.40. The summed E-state index contributed by atoms with van der Waals surface area (Å²) in [7, 11) is 0. The minimum atomic E-state index is -0.575. The van der Waals surface area contributed by atoms with Gasteiger partial charge in [-0.05, 0) is 19.8 Å². The van der Waals surface area contributed by atoms with Crippen molar-refractivity contribution in [2.24, 2.45) is 0 Å². The van der Waals surface area contributed by atoms with Crippen LogP contribution in [0.2, 0.25) is 0 Å². The number of rotatable bonds is 3. The fourth-order valence-electron chi connectivity index (χ4n) is 3.76. The monoisotopic (exact) mass is 348 g/mol. The van der Waals surface area contributed by atoms with Gasteiger partial charge in [0.2, 0.25) is 5.89 Å². The molecular formula is C16H20N4O3S. The molecule has 128 valence electrons. The zero-order valence-corrected chi connectivity index (χ0v) is 14.3. The van der Waals surface area contributed by atoms with Crippen molar-refractivity contribution in [2.75, 3.05) is 6.54 Å². The van der Waals surface area contributed by atoms with E-state index in [9.17, 15) is 9.90 Å². The van der Waals surface area contributed by atoms with E-state index in [0.717, 1.165) is 18.5 Å². The van der Waals surface area contributed by atoms with E-state index in [0.29, 0.717) is 28.9 Å². The number of hydrogen-bond acceptors (Lipinski definition) is 7. The van der Waals surface area contributed by atoms with Gasteiger partial charge >= 0.3 is 0 Å². The van der Waals surface area contributed by atoms with Crippen molar-refractivity contribution in [3.63, 3.8) is 0 Å². The molecule has 1 aliphatic heterocycles. The van der Waals surface area contributed by atoms with Crippen LogP contribution in [-0.4, -0.2) is 43.7 Å². The highest BCUT2D eigenvalue weighted by Crippen LogP contribution is 2.39. The number of aromatic nitrogens is 3. The second kappa shape index (κ2) is 6.25. The van der Waals surface area contributed by atoms with Crippen LogP contribution in [0.4, 0.5) is 0 Å². The van der Waals surface area contributed by atoms with E-state index in [1.807, 2.05) is 0 Å². The Balaban J connectivity index is 1.62. The van der Waals surface area contributed by atoms with Crippen molar-refractivity contribution in [1.82, 2.24) is 20.0 Å². The molecule has 0 bridgehead atoms. The molecule has 0 aromatic carbocycles. The number of hydrogen-bond donors (Lipinski definition) is 1. The zero-order chi connectivity index (χ0) is 16.7. The molecule has 3 heterocycles. The van der Waals surface area contributed by atoms with Gasteiger partial charge in [0.1, 0.15) is 10.9 Å². The Morgan fingerprint density at radius 3 is 2.92 bits per heavy atom.